The van der Waals surface area contributed by atoms with Gasteiger partial charge >= 0.3 is 0 Å². The molecular weight excluding hydrogens is 352 g/mol. The van der Waals surface area contributed by atoms with Crippen LogP contribution in [0.4, 0.5) is 0 Å². The van der Waals surface area contributed by atoms with Gasteiger partial charge in [0.1, 0.15) is 0 Å². The van der Waals surface area contributed by atoms with Gasteiger partial charge in [0.25, 0.3) is 0 Å². The van der Waals surface area contributed by atoms with Gasteiger partial charge in [0.2, 0.25) is 17.6 Å². The highest BCUT2D eigenvalue weighted by atomic mass is 16.5. The topological polar surface area (TPSA) is 80.1 Å². The minimum Gasteiger partial charge on any atom is -0.351 e. The van der Waals surface area contributed by atoms with Gasteiger partial charge in [-0.3, -0.25) is 4.79 Å². The zero-order valence-corrected chi connectivity index (χ0v) is 15.7. The number of carbonyl (C=O) groups is 1. The van der Waals surface area contributed by atoms with Gasteiger partial charge in [-0.2, -0.15) is 4.98 Å². The quantitative estimate of drug-likeness (QED) is 0.663. The Kier molecular flexibility index (Phi) is 5.77. The monoisotopic (exact) mass is 376 g/mol. The molecule has 0 aliphatic carbocycles. The van der Waals surface area contributed by atoms with E-state index in [-0.39, 0.29) is 11.9 Å². The third-order valence-corrected chi connectivity index (χ3v) is 4.99. The fourth-order valence-electron chi connectivity index (χ4n) is 3.36. The lowest BCUT2D eigenvalue weighted by atomic mass is 10.1. The van der Waals surface area contributed by atoms with Crippen molar-refractivity contribution in [3.05, 3.63) is 71.6 Å². The molecule has 3 aromatic rings. The van der Waals surface area contributed by atoms with Crippen LogP contribution in [0, 0.1) is 0 Å². The Hall–Kier alpha value is -2.99. The third-order valence-electron chi connectivity index (χ3n) is 4.99. The second kappa shape index (κ2) is 8.80. The number of hydrogen-bond acceptors (Lipinski definition) is 5. The summed E-state index contributed by atoms with van der Waals surface area (Å²) in [6.07, 6.45) is 3.56. The van der Waals surface area contributed by atoms with Gasteiger partial charge < -0.3 is 15.2 Å². The number of amides is 1. The summed E-state index contributed by atoms with van der Waals surface area (Å²) in [6, 6.07) is 18.1. The standard InChI is InChI=1S/C22H24N4O2/c27-22(19-7-4-14-23-19)24-15-17-8-11-18(12-9-17)21-25-20(28-26-21)13-10-16-5-2-1-3-6-16/h1-3,5-6,8-9,11-12,19,23H,4,7,10,13-15H2,(H,24,27). The summed E-state index contributed by atoms with van der Waals surface area (Å²) < 4.78 is 5.38. The van der Waals surface area contributed by atoms with Crippen molar-refractivity contribution in [2.75, 3.05) is 6.54 Å². The number of carbonyl (C=O) groups excluding carboxylic acids is 1. The van der Waals surface area contributed by atoms with E-state index >= 15 is 0 Å². The Labute approximate surface area is 164 Å². The number of aromatic nitrogens is 2. The summed E-state index contributed by atoms with van der Waals surface area (Å²) >= 11 is 0. The first-order valence-corrected chi connectivity index (χ1v) is 9.75. The Morgan fingerprint density at radius 1 is 1.07 bits per heavy atom. The molecule has 1 aliphatic heterocycles. The number of hydrogen-bond donors (Lipinski definition) is 2. The van der Waals surface area contributed by atoms with E-state index in [1.165, 1.54) is 5.56 Å². The molecule has 2 heterocycles. The normalized spacial score (nSPS) is 16.2. The molecule has 1 aromatic heterocycles. The molecule has 1 aliphatic rings. The van der Waals surface area contributed by atoms with Crippen molar-refractivity contribution < 1.29 is 9.32 Å². The van der Waals surface area contributed by atoms with Gasteiger partial charge in [-0.1, -0.05) is 59.8 Å². The van der Waals surface area contributed by atoms with E-state index in [0.29, 0.717) is 18.3 Å². The van der Waals surface area contributed by atoms with Crippen LogP contribution in [0.3, 0.4) is 0 Å². The van der Waals surface area contributed by atoms with Crippen molar-refractivity contribution in [2.24, 2.45) is 0 Å². The van der Waals surface area contributed by atoms with Crippen LogP contribution in [0.25, 0.3) is 11.4 Å². The van der Waals surface area contributed by atoms with Gasteiger partial charge in [0, 0.05) is 18.5 Å². The molecule has 144 valence electrons. The molecule has 0 bridgehead atoms. The second-order valence-corrected chi connectivity index (χ2v) is 7.06. The van der Waals surface area contributed by atoms with Gasteiger partial charge in [0.15, 0.2) is 0 Å². The van der Waals surface area contributed by atoms with E-state index in [0.717, 1.165) is 43.4 Å². The summed E-state index contributed by atoms with van der Waals surface area (Å²) in [5.41, 5.74) is 3.20. The molecule has 0 spiro atoms. The van der Waals surface area contributed by atoms with Crippen LogP contribution >= 0.6 is 0 Å². The lowest BCUT2D eigenvalue weighted by Gasteiger charge is -2.11. The van der Waals surface area contributed by atoms with Gasteiger partial charge in [0.05, 0.1) is 6.04 Å². The van der Waals surface area contributed by atoms with E-state index in [2.05, 4.69) is 32.9 Å². The van der Waals surface area contributed by atoms with Crippen LogP contribution in [0.15, 0.2) is 59.1 Å². The van der Waals surface area contributed by atoms with Crippen molar-refractivity contribution in [3.63, 3.8) is 0 Å². The smallest absolute Gasteiger partial charge is 0.237 e. The summed E-state index contributed by atoms with van der Waals surface area (Å²) in [6.45, 7) is 1.44. The predicted octanol–water partition coefficient (Wildman–Crippen LogP) is 2.89. The molecule has 1 amide bonds. The number of aryl methyl sites for hydroxylation is 2. The first-order chi connectivity index (χ1) is 13.8. The molecule has 2 N–H and O–H groups in total. The van der Waals surface area contributed by atoms with Crippen LogP contribution in [0.5, 0.6) is 0 Å². The molecule has 1 fully saturated rings. The maximum atomic E-state index is 12.1. The lowest BCUT2D eigenvalue weighted by Crippen LogP contribution is -2.39. The number of nitrogens with zero attached hydrogens (tertiary/aromatic N) is 2. The van der Waals surface area contributed by atoms with Crippen LogP contribution in [-0.4, -0.2) is 28.6 Å². The molecule has 6 heteroatoms. The molecule has 0 radical (unpaired) electrons. The summed E-state index contributed by atoms with van der Waals surface area (Å²) in [7, 11) is 0. The van der Waals surface area contributed by atoms with Gasteiger partial charge in [-0.15, -0.1) is 0 Å². The zero-order valence-electron chi connectivity index (χ0n) is 15.7. The summed E-state index contributed by atoms with van der Waals surface area (Å²) in [5, 5.41) is 10.3. The van der Waals surface area contributed by atoms with E-state index < -0.39 is 0 Å². The average molecular weight is 376 g/mol. The van der Waals surface area contributed by atoms with Crippen molar-refractivity contribution in [2.45, 2.75) is 38.3 Å². The SMILES string of the molecule is O=C(NCc1ccc(-c2noc(CCc3ccccc3)n2)cc1)C1CCCN1. The Bertz CT molecular complexity index is 900. The minimum absolute atomic E-state index is 0.0482. The number of nitrogens with one attached hydrogen (secondary N) is 2. The molecule has 6 nitrogen and oxygen atoms in total. The largest absolute Gasteiger partial charge is 0.351 e. The first-order valence-electron chi connectivity index (χ1n) is 9.75. The maximum Gasteiger partial charge on any atom is 0.237 e. The zero-order chi connectivity index (χ0) is 19.2. The molecule has 0 saturated carbocycles. The molecule has 1 unspecified atom stereocenters. The lowest BCUT2D eigenvalue weighted by molar-refractivity contribution is -0.122. The molecule has 28 heavy (non-hydrogen) atoms. The Morgan fingerprint density at radius 2 is 1.89 bits per heavy atom. The second-order valence-electron chi connectivity index (χ2n) is 7.06. The van der Waals surface area contributed by atoms with E-state index in [1.807, 2.05) is 42.5 Å². The number of rotatable bonds is 7. The third kappa shape index (κ3) is 4.64. The predicted molar refractivity (Wildman–Crippen MR) is 106 cm³/mol. The van der Waals surface area contributed by atoms with Crippen LogP contribution in [0.2, 0.25) is 0 Å². The van der Waals surface area contributed by atoms with Crippen molar-refractivity contribution in [3.8, 4) is 11.4 Å². The van der Waals surface area contributed by atoms with Crippen LogP contribution < -0.4 is 10.6 Å². The highest BCUT2D eigenvalue weighted by Gasteiger charge is 2.21. The van der Waals surface area contributed by atoms with Gasteiger partial charge in [-0.25, -0.2) is 0 Å². The minimum atomic E-state index is -0.0482. The summed E-state index contributed by atoms with van der Waals surface area (Å²) in [4.78, 5) is 16.6. The van der Waals surface area contributed by atoms with E-state index in [9.17, 15) is 4.79 Å². The molecule has 1 atom stereocenters. The van der Waals surface area contributed by atoms with E-state index in [4.69, 9.17) is 4.52 Å². The Balaban J connectivity index is 1.31. The highest BCUT2D eigenvalue weighted by molar-refractivity contribution is 5.82. The van der Waals surface area contributed by atoms with Crippen molar-refractivity contribution in [1.29, 1.82) is 0 Å². The highest BCUT2D eigenvalue weighted by Crippen LogP contribution is 2.17. The molecule has 2 aromatic carbocycles. The number of benzene rings is 2. The Morgan fingerprint density at radius 3 is 2.64 bits per heavy atom. The first kappa shape index (κ1) is 18.4. The van der Waals surface area contributed by atoms with Gasteiger partial charge in [-0.05, 0) is 36.9 Å². The maximum absolute atomic E-state index is 12.1. The molecule has 1 saturated heterocycles. The summed E-state index contributed by atoms with van der Waals surface area (Å²) in [5.74, 6) is 1.30. The van der Waals surface area contributed by atoms with Crippen LogP contribution in [-0.2, 0) is 24.2 Å². The fraction of sp³-hybridized carbons (Fsp3) is 0.318. The molecular formula is C22H24N4O2. The van der Waals surface area contributed by atoms with Crippen molar-refractivity contribution in [1.82, 2.24) is 20.8 Å². The average Bonchev–Trinajstić information content (AvgIpc) is 3.44. The van der Waals surface area contributed by atoms with Crippen LogP contribution in [0.1, 0.15) is 29.9 Å². The molecule has 4 rings (SSSR count). The van der Waals surface area contributed by atoms with E-state index in [1.54, 1.807) is 0 Å². The van der Waals surface area contributed by atoms with Crippen molar-refractivity contribution >= 4 is 5.91 Å². The fourth-order valence-corrected chi connectivity index (χ4v) is 3.36.